The number of hydrogen-bond donors (Lipinski definition) is 3. The van der Waals surface area contributed by atoms with E-state index < -0.39 is 5.60 Å². The number of nitrogens with one attached hydrogen (secondary N) is 3. The van der Waals surface area contributed by atoms with Crippen LogP contribution in [0.5, 0.6) is 0 Å². The lowest BCUT2D eigenvalue weighted by Gasteiger charge is -2.54. The average Bonchev–Trinajstić information content (AvgIpc) is 2.07. The first-order chi connectivity index (χ1) is 39.9. The van der Waals surface area contributed by atoms with E-state index in [4.69, 9.17) is 4.74 Å². The predicted octanol–water partition coefficient (Wildman–Crippen LogP) is 17.4. The fourth-order valence-electron chi connectivity index (χ4n) is 16.5. The summed E-state index contributed by atoms with van der Waals surface area (Å²) in [6, 6.07) is 0.0860. The Morgan fingerprint density at radius 2 is 0.694 bits per heavy atom. The lowest BCUT2D eigenvalue weighted by atomic mass is 9.72. The highest BCUT2D eigenvalue weighted by Crippen LogP contribution is 2.44. The third-order valence-corrected chi connectivity index (χ3v) is 20.3. The SMILES string of the molecule is CCCCCCCCCCCC1NC(=O)C2(CC(C)(C)NC(C)(C)C2)O1.CCCCCCCCCCCCC1CC(=O)N(C2CC(C)(C)N(C)C(C)(C)C2)C1=O.CCCCCCCCCCCCC1CC(=O)N(C2CC(C)(C)NC(C)(C)C2)C1=O. The number of ether oxygens (including phenoxy) is 1. The molecule has 3 atom stereocenters. The number of carbonyl (C=O) groups excluding carboxylic acids is 5. The number of amides is 5. The van der Waals surface area contributed by atoms with Crippen molar-refractivity contribution in [2.24, 2.45) is 11.8 Å². The van der Waals surface area contributed by atoms with E-state index in [0.29, 0.717) is 12.8 Å². The molecule has 6 heterocycles. The Labute approximate surface area is 523 Å². The minimum atomic E-state index is -0.651. The molecule has 3 unspecified atom stereocenters. The number of carbonyl (C=O) groups is 5. The van der Waals surface area contributed by atoms with Crippen molar-refractivity contribution in [1.29, 1.82) is 0 Å². The largest absolute Gasteiger partial charge is 0.342 e. The minimum absolute atomic E-state index is 0.0123. The Morgan fingerprint density at radius 3 is 1.04 bits per heavy atom. The van der Waals surface area contributed by atoms with Gasteiger partial charge in [0.15, 0.2) is 5.60 Å². The van der Waals surface area contributed by atoms with Crippen molar-refractivity contribution in [2.75, 3.05) is 7.05 Å². The van der Waals surface area contributed by atoms with Crippen molar-refractivity contribution in [3.05, 3.63) is 0 Å². The number of piperidine rings is 3. The normalized spacial score (nSPS) is 25.1. The summed E-state index contributed by atoms with van der Waals surface area (Å²) in [5, 5.41) is 10.4. The Morgan fingerprint density at radius 1 is 0.400 bits per heavy atom. The molecule has 12 nitrogen and oxygen atoms in total. The highest BCUT2D eigenvalue weighted by atomic mass is 16.5. The molecule has 6 saturated heterocycles. The van der Waals surface area contributed by atoms with Crippen LogP contribution >= 0.6 is 0 Å². The predicted molar refractivity (Wildman–Crippen MR) is 354 cm³/mol. The summed E-state index contributed by atoms with van der Waals surface area (Å²) in [4.78, 5) is 70.0. The van der Waals surface area contributed by atoms with Gasteiger partial charge in [0.2, 0.25) is 23.6 Å². The molecule has 494 valence electrons. The number of likely N-dealkylation sites (tertiary alicyclic amines) is 3. The highest BCUT2D eigenvalue weighted by Gasteiger charge is 2.57. The van der Waals surface area contributed by atoms with Crippen molar-refractivity contribution in [1.82, 2.24) is 30.7 Å². The molecule has 0 saturated carbocycles. The van der Waals surface area contributed by atoms with Crippen molar-refractivity contribution in [2.45, 2.75) is 418 Å². The van der Waals surface area contributed by atoms with E-state index in [1.54, 1.807) is 9.80 Å². The topological polar surface area (TPSA) is 140 Å². The van der Waals surface area contributed by atoms with Gasteiger partial charge >= 0.3 is 0 Å². The first-order valence-corrected chi connectivity index (χ1v) is 36.0. The van der Waals surface area contributed by atoms with Crippen LogP contribution in [-0.2, 0) is 28.7 Å². The second-order valence-corrected chi connectivity index (χ2v) is 32.1. The average molecular weight is 1190 g/mol. The van der Waals surface area contributed by atoms with E-state index in [2.05, 4.69) is 132 Å². The van der Waals surface area contributed by atoms with Crippen molar-refractivity contribution in [3.8, 4) is 0 Å². The zero-order chi connectivity index (χ0) is 63.1. The molecule has 5 amide bonds. The van der Waals surface area contributed by atoms with Gasteiger partial charge in [-0.2, -0.15) is 0 Å². The maximum atomic E-state index is 13.1. The summed E-state index contributed by atoms with van der Waals surface area (Å²) in [7, 11) is 2.16. The molecule has 0 aliphatic carbocycles. The molecule has 6 rings (SSSR count). The lowest BCUT2D eigenvalue weighted by Crippen LogP contribution is -2.65. The first kappa shape index (κ1) is 75.1. The minimum Gasteiger partial charge on any atom is -0.342 e. The molecular weight excluding hydrogens is 1060 g/mol. The first-order valence-electron chi connectivity index (χ1n) is 36.0. The second-order valence-electron chi connectivity index (χ2n) is 32.1. The molecule has 1 spiro atoms. The third-order valence-electron chi connectivity index (χ3n) is 20.3. The molecular formula is C73H136N6O6. The molecule has 85 heavy (non-hydrogen) atoms. The molecule has 3 N–H and O–H groups in total. The smallest absolute Gasteiger partial charge is 0.254 e. The lowest BCUT2D eigenvalue weighted by molar-refractivity contribution is -0.147. The van der Waals surface area contributed by atoms with Gasteiger partial charge in [0, 0.05) is 82.8 Å². The molecule has 0 aromatic carbocycles. The zero-order valence-corrected chi connectivity index (χ0v) is 58.5. The molecule has 6 aliphatic rings. The van der Waals surface area contributed by atoms with Crippen molar-refractivity contribution >= 4 is 29.5 Å². The summed E-state index contributed by atoms with van der Waals surface area (Å²) in [6.45, 7) is 33.1. The fraction of sp³-hybridized carbons (Fsp3) is 0.932. The number of hydrogen-bond acceptors (Lipinski definition) is 9. The van der Waals surface area contributed by atoms with Gasteiger partial charge in [0.1, 0.15) is 6.23 Å². The van der Waals surface area contributed by atoms with E-state index in [1.165, 1.54) is 167 Å². The maximum Gasteiger partial charge on any atom is 0.254 e. The van der Waals surface area contributed by atoms with Crippen LogP contribution in [0.15, 0.2) is 0 Å². The Kier molecular flexibility index (Phi) is 31.1. The monoisotopic (exact) mass is 1190 g/mol. The van der Waals surface area contributed by atoms with E-state index >= 15 is 0 Å². The standard InChI is InChI=1S/C26H48N2O2.C25H46N2O2.C22H42N2O2/c1-7-8-9-10-11-12-13-14-15-16-17-21-18-23(29)28(24(21)30)22-19-25(2,3)27(6)26(4,5)20-22;1-6-7-8-9-10-11-12-13-14-15-16-20-17-22(28)27(23(20)29)21-18-24(2,3)26-25(4,5)19-21;1-6-7-8-9-10-11-12-13-14-15-18-23-19(25)22(26-18)16-20(2,3)24-21(4,5)17-22/h21-22H,7-20H2,1-6H3;20-21,26H,6-19H2,1-5H3;18,24H,6-17H2,1-5H3,(H,23,25). The van der Waals surface area contributed by atoms with Crippen LogP contribution in [0.25, 0.3) is 0 Å². The van der Waals surface area contributed by atoms with Gasteiger partial charge in [-0.05, 0) is 141 Å². The van der Waals surface area contributed by atoms with Gasteiger partial charge in [-0.1, -0.05) is 201 Å². The van der Waals surface area contributed by atoms with Gasteiger partial charge in [-0.25, -0.2) is 0 Å². The van der Waals surface area contributed by atoms with Crippen LogP contribution < -0.4 is 16.0 Å². The molecule has 12 heteroatoms. The second kappa shape index (κ2) is 35.3. The Hall–Kier alpha value is -2.41. The summed E-state index contributed by atoms with van der Waals surface area (Å²) in [5.41, 5.74) is -0.966. The summed E-state index contributed by atoms with van der Waals surface area (Å²) >= 11 is 0. The zero-order valence-electron chi connectivity index (χ0n) is 58.5. The summed E-state index contributed by atoms with van der Waals surface area (Å²) in [5.74, 6) is 0.293. The van der Waals surface area contributed by atoms with Crippen molar-refractivity contribution in [3.63, 3.8) is 0 Å². The van der Waals surface area contributed by atoms with Crippen molar-refractivity contribution < 1.29 is 28.7 Å². The Bertz CT molecular complexity index is 1960. The highest BCUT2D eigenvalue weighted by molar-refractivity contribution is 6.04. The van der Waals surface area contributed by atoms with Crippen LogP contribution in [0.4, 0.5) is 0 Å². The Balaban J connectivity index is 0.000000274. The molecule has 0 aromatic heterocycles. The summed E-state index contributed by atoms with van der Waals surface area (Å²) < 4.78 is 6.34. The van der Waals surface area contributed by atoms with E-state index in [-0.39, 0.29) is 92.9 Å². The quantitative estimate of drug-likeness (QED) is 0.0424. The number of unbranched alkanes of at least 4 members (excludes halogenated alkanes) is 26. The van der Waals surface area contributed by atoms with Crippen LogP contribution in [0.1, 0.15) is 361 Å². The number of nitrogens with zero attached hydrogens (tertiary/aromatic N) is 3. The third kappa shape index (κ3) is 25.1. The van der Waals surface area contributed by atoms with Crippen LogP contribution in [0.2, 0.25) is 0 Å². The van der Waals surface area contributed by atoms with Gasteiger partial charge < -0.3 is 20.7 Å². The van der Waals surface area contributed by atoms with Crippen LogP contribution in [0, 0.1) is 11.8 Å². The van der Waals surface area contributed by atoms with Crippen LogP contribution in [-0.4, -0.2) is 108 Å². The molecule has 0 aromatic rings. The number of imide groups is 2. The van der Waals surface area contributed by atoms with E-state index in [0.717, 1.165) is 77.0 Å². The van der Waals surface area contributed by atoms with E-state index in [1.807, 2.05) is 0 Å². The van der Waals surface area contributed by atoms with Gasteiger partial charge in [0.05, 0.1) is 0 Å². The maximum absolute atomic E-state index is 13.1. The molecule has 6 aliphatic heterocycles. The molecule has 0 bridgehead atoms. The molecule has 0 radical (unpaired) electrons. The summed E-state index contributed by atoms with van der Waals surface area (Å²) in [6.07, 6.45) is 46.3. The van der Waals surface area contributed by atoms with E-state index in [9.17, 15) is 24.0 Å². The van der Waals surface area contributed by atoms with Gasteiger partial charge in [-0.3, -0.25) is 38.7 Å². The van der Waals surface area contributed by atoms with Crippen LogP contribution in [0.3, 0.4) is 0 Å². The fourth-order valence-corrected chi connectivity index (χ4v) is 16.5. The van der Waals surface area contributed by atoms with Gasteiger partial charge in [-0.15, -0.1) is 0 Å². The van der Waals surface area contributed by atoms with Gasteiger partial charge in [0.25, 0.3) is 5.91 Å². The number of rotatable bonds is 34. The molecule has 6 fully saturated rings.